The van der Waals surface area contributed by atoms with Gasteiger partial charge in [0.05, 0.1) is 17.1 Å². The highest BCUT2D eigenvalue weighted by Crippen LogP contribution is 2.22. The van der Waals surface area contributed by atoms with Gasteiger partial charge in [-0.25, -0.2) is 13.2 Å². The van der Waals surface area contributed by atoms with Crippen molar-refractivity contribution in [2.75, 3.05) is 25.0 Å². The third-order valence-corrected chi connectivity index (χ3v) is 6.72. The standard InChI is InChI=1S/C21H24N2O5S/c1-3-28-21(25)17-8-11-19(15(2)14-17)22-20(24)16-6-9-18(10-7-16)29(26,27)23-12-4-5-13-23/h6-11,14H,3-5,12-13H2,1-2H3,(H,22,24). The Labute approximate surface area is 170 Å². The zero-order chi connectivity index (χ0) is 21.0. The Kier molecular flexibility index (Phi) is 6.34. The second-order valence-corrected chi connectivity index (χ2v) is 8.78. The zero-order valence-corrected chi connectivity index (χ0v) is 17.3. The quantitative estimate of drug-likeness (QED) is 0.730. The van der Waals surface area contributed by atoms with Crippen LogP contribution in [0.3, 0.4) is 0 Å². The van der Waals surface area contributed by atoms with Gasteiger partial charge in [-0.05, 0) is 74.7 Å². The van der Waals surface area contributed by atoms with Crippen molar-refractivity contribution in [2.45, 2.75) is 31.6 Å². The maximum absolute atomic E-state index is 12.6. The summed E-state index contributed by atoms with van der Waals surface area (Å²) < 4.78 is 31.6. The van der Waals surface area contributed by atoms with Crippen LogP contribution >= 0.6 is 0 Å². The van der Waals surface area contributed by atoms with E-state index in [2.05, 4.69) is 5.32 Å². The van der Waals surface area contributed by atoms with Gasteiger partial charge in [0.15, 0.2) is 0 Å². The van der Waals surface area contributed by atoms with Crippen LogP contribution in [0.4, 0.5) is 5.69 Å². The third-order valence-electron chi connectivity index (χ3n) is 4.81. The summed E-state index contributed by atoms with van der Waals surface area (Å²) in [5.41, 5.74) is 2.05. The van der Waals surface area contributed by atoms with Crippen LogP contribution in [-0.4, -0.2) is 44.3 Å². The predicted octanol–water partition coefficient (Wildman–Crippen LogP) is 3.21. The van der Waals surface area contributed by atoms with Crippen LogP contribution < -0.4 is 5.32 Å². The van der Waals surface area contributed by atoms with Gasteiger partial charge in [-0.2, -0.15) is 4.31 Å². The number of nitrogens with zero attached hydrogens (tertiary/aromatic N) is 1. The lowest BCUT2D eigenvalue weighted by Gasteiger charge is -2.15. The molecule has 8 heteroatoms. The molecule has 1 heterocycles. The van der Waals surface area contributed by atoms with Gasteiger partial charge in [0, 0.05) is 24.3 Å². The Bertz CT molecular complexity index is 1010. The molecule has 0 radical (unpaired) electrons. The minimum Gasteiger partial charge on any atom is -0.462 e. The Morgan fingerprint density at radius 3 is 2.24 bits per heavy atom. The number of amides is 1. The number of hydrogen-bond acceptors (Lipinski definition) is 5. The van der Waals surface area contributed by atoms with Gasteiger partial charge in [0.2, 0.25) is 10.0 Å². The molecule has 1 saturated heterocycles. The van der Waals surface area contributed by atoms with Gasteiger partial charge in [-0.1, -0.05) is 0 Å². The molecule has 0 aliphatic carbocycles. The summed E-state index contributed by atoms with van der Waals surface area (Å²) in [6, 6.07) is 10.8. The number of esters is 1. The minimum atomic E-state index is -3.51. The first-order valence-corrected chi connectivity index (χ1v) is 11.0. The van der Waals surface area contributed by atoms with Gasteiger partial charge in [0.25, 0.3) is 5.91 Å². The molecule has 0 atom stereocenters. The number of ether oxygens (including phenoxy) is 1. The van der Waals surface area contributed by atoms with E-state index < -0.39 is 16.0 Å². The topological polar surface area (TPSA) is 92.8 Å². The molecule has 3 rings (SSSR count). The number of carbonyl (C=O) groups is 2. The summed E-state index contributed by atoms with van der Waals surface area (Å²) >= 11 is 0. The number of nitrogens with one attached hydrogen (secondary N) is 1. The molecule has 1 aliphatic rings. The number of benzene rings is 2. The monoisotopic (exact) mass is 416 g/mol. The third kappa shape index (κ3) is 4.65. The molecule has 154 valence electrons. The molecule has 1 fully saturated rings. The lowest BCUT2D eigenvalue weighted by molar-refractivity contribution is 0.0526. The molecule has 0 bridgehead atoms. The molecule has 7 nitrogen and oxygen atoms in total. The average molecular weight is 416 g/mol. The second kappa shape index (κ2) is 8.75. The van der Waals surface area contributed by atoms with Crippen LogP contribution in [0.2, 0.25) is 0 Å². The van der Waals surface area contributed by atoms with Crippen molar-refractivity contribution < 1.29 is 22.7 Å². The van der Waals surface area contributed by atoms with Gasteiger partial charge in [-0.15, -0.1) is 0 Å². The molecular formula is C21H24N2O5S. The lowest BCUT2D eigenvalue weighted by atomic mass is 10.1. The van der Waals surface area contributed by atoms with Crippen LogP contribution in [0.15, 0.2) is 47.4 Å². The molecule has 1 aliphatic heterocycles. The van der Waals surface area contributed by atoms with Gasteiger partial charge in [-0.3, -0.25) is 4.79 Å². The van der Waals surface area contributed by atoms with E-state index in [0.29, 0.717) is 36.5 Å². The van der Waals surface area contributed by atoms with E-state index in [0.717, 1.165) is 18.4 Å². The Balaban J connectivity index is 1.72. The number of sulfonamides is 1. The van der Waals surface area contributed by atoms with Crippen LogP contribution in [0.5, 0.6) is 0 Å². The fourth-order valence-electron chi connectivity index (χ4n) is 3.20. The maximum atomic E-state index is 12.6. The van der Waals surface area contributed by atoms with Crippen molar-refractivity contribution in [3.05, 3.63) is 59.2 Å². The molecule has 1 N–H and O–H groups in total. The SMILES string of the molecule is CCOC(=O)c1ccc(NC(=O)c2ccc(S(=O)(=O)N3CCCC3)cc2)c(C)c1. The minimum absolute atomic E-state index is 0.186. The molecule has 1 amide bonds. The number of aryl methyl sites for hydroxylation is 1. The molecule has 2 aromatic rings. The van der Waals surface area contributed by atoms with Gasteiger partial charge in [0.1, 0.15) is 0 Å². The largest absolute Gasteiger partial charge is 0.462 e. The zero-order valence-electron chi connectivity index (χ0n) is 16.5. The van der Waals surface area contributed by atoms with Gasteiger partial charge < -0.3 is 10.1 Å². The number of rotatable bonds is 6. The molecule has 2 aromatic carbocycles. The number of carbonyl (C=O) groups excluding carboxylic acids is 2. The van der Waals surface area contributed by atoms with Crippen molar-refractivity contribution >= 4 is 27.6 Å². The second-order valence-electron chi connectivity index (χ2n) is 6.84. The Morgan fingerprint density at radius 1 is 1.03 bits per heavy atom. The van der Waals surface area contributed by atoms with E-state index in [4.69, 9.17) is 4.74 Å². The van der Waals surface area contributed by atoms with Crippen LogP contribution in [0, 0.1) is 6.92 Å². The van der Waals surface area contributed by atoms with E-state index in [9.17, 15) is 18.0 Å². The molecular weight excluding hydrogens is 392 g/mol. The Morgan fingerprint density at radius 2 is 1.66 bits per heavy atom. The highest BCUT2D eigenvalue weighted by molar-refractivity contribution is 7.89. The first-order chi connectivity index (χ1) is 13.8. The van der Waals surface area contributed by atoms with Crippen LogP contribution in [0.1, 0.15) is 46.0 Å². The van der Waals surface area contributed by atoms with Crippen molar-refractivity contribution in [3.8, 4) is 0 Å². The van der Waals surface area contributed by atoms with Crippen molar-refractivity contribution in [2.24, 2.45) is 0 Å². The van der Waals surface area contributed by atoms with Crippen molar-refractivity contribution in [1.29, 1.82) is 0 Å². The lowest BCUT2D eigenvalue weighted by Crippen LogP contribution is -2.27. The van der Waals surface area contributed by atoms with E-state index in [-0.39, 0.29) is 10.8 Å². The van der Waals surface area contributed by atoms with E-state index >= 15 is 0 Å². The highest BCUT2D eigenvalue weighted by atomic mass is 32.2. The molecule has 0 saturated carbocycles. The van der Waals surface area contributed by atoms with Gasteiger partial charge >= 0.3 is 5.97 Å². The highest BCUT2D eigenvalue weighted by Gasteiger charge is 2.27. The first kappa shape index (κ1) is 21.0. The fourth-order valence-corrected chi connectivity index (χ4v) is 4.71. The smallest absolute Gasteiger partial charge is 0.338 e. The summed E-state index contributed by atoms with van der Waals surface area (Å²) in [4.78, 5) is 24.5. The first-order valence-electron chi connectivity index (χ1n) is 9.52. The average Bonchev–Trinajstić information content (AvgIpc) is 3.25. The van der Waals surface area contributed by atoms with E-state index in [1.807, 2.05) is 0 Å². The summed E-state index contributed by atoms with van der Waals surface area (Å²) in [5, 5.41) is 2.79. The molecule has 0 unspecified atom stereocenters. The number of anilines is 1. The molecule has 0 spiro atoms. The molecule has 0 aromatic heterocycles. The van der Waals surface area contributed by atoms with Crippen molar-refractivity contribution in [1.82, 2.24) is 4.31 Å². The number of hydrogen-bond donors (Lipinski definition) is 1. The normalized spacial score (nSPS) is 14.6. The van der Waals surface area contributed by atoms with Crippen molar-refractivity contribution in [3.63, 3.8) is 0 Å². The summed E-state index contributed by atoms with van der Waals surface area (Å²) in [7, 11) is -3.51. The predicted molar refractivity (Wildman–Crippen MR) is 110 cm³/mol. The molecule has 29 heavy (non-hydrogen) atoms. The fraction of sp³-hybridized carbons (Fsp3) is 0.333. The van der Waals surface area contributed by atoms with Crippen LogP contribution in [-0.2, 0) is 14.8 Å². The maximum Gasteiger partial charge on any atom is 0.338 e. The summed E-state index contributed by atoms with van der Waals surface area (Å²) in [6.07, 6.45) is 1.74. The Hall–Kier alpha value is -2.71. The summed E-state index contributed by atoms with van der Waals surface area (Å²) in [5.74, 6) is -0.773. The van der Waals surface area contributed by atoms with Crippen LogP contribution in [0.25, 0.3) is 0 Å². The van der Waals surface area contributed by atoms with E-state index in [1.54, 1.807) is 32.0 Å². The van der Waals surface area contributed by atoms with E-state index in [1.165, 1.54) is 28.6 Å². The summed E-state index contributed by atoms with van der Waals surface area (Å²) in [6.45, 7) is 4.88.